The molecule has 1 saturated heterocycles. The summed E-state index contributed by atoms with van der Waals surface area (Å²) in [5, 5.41) is -0.897. The molecule has 106 valence electrons. The molecule has 2 N–H and O–H groups in total. The Bertz CT molecular complexity index is 329. The quantitative estimate of drug-likeness (QED) is 0.575. The summed E-state index contributed by atoms with van der Waals surface area (Å²) >= 11 is 5.73. The van der Waals surface area contributed by atoms with Crippen molar-refractivity contribution < 1.29 is 36.4 Å². The zero-order valence-electron chi connectivity index (χ0n) is 9.15. The number of alkyl halides is 7. The molecule has 1 aliphatic heterocycles. The van der Waals surface area contributed by atoms with Crippen molar-refractivity contribution >= 4 is 11.6 Å². The summed E-state index contributed by atoms with van der Waals surface area (Å²) in [6, 6.07) is -1.02. The Labute approximate surface area is 104 Å². The Morgan fingerprint density at radius 3 is 1.94 bits per heavy atom. The first kappa shape index (κ1) is 14.2. The molecule has 18 heavy (non-hydrogen) atoms. The van der Waals surface area contributed by atoms with E-state index >= 15 is 0 Å². The second-order valence-electron chi connectivity index (χ2n) is 4.67. The standard InChI is InChI=1S/C9H10ClF6NO/c1-18-4-2-3-5(10)6(4)17-7(3,8(11,12)13)9(14,15)16/h3-6,17H,2H2,1H3/p+1. The first-order valence-corrected chi connectivity index (χ1v) is 5.66. The summed E-state index contributed by atoms with van der Waals surface area (Å²) in [6.45, 7) is 0. The van der Waals surface area contributed by atoms with Gasteiger partial charge in [-0.05, 0) is 6.42 Å². The molecule has 2 rings (SSSR count). The van der Waals surface area contributed by atoms with Crippen LogP contribution in [0.3, 0.4) is 0 Å². The number of piperidine rings is 1. The van der Waals surface area contributed by atoms with E-state index in [4.69, 9.17) is 16.3 Å². The number of hydrogen-bond donors (Lipinski definition) is 1. The van der Waals surface area contributed by atoms with Crippen molar-refractivity contribution in [1.82, 2.24) is 0 Å². The van der Waals surface area contributed by atoms with Crippen LogP contribution in [0.15, 0.2) is 0 Å². The van der Waals surface area contributed by atoms with Crippen LogP contribution in [0.4, 0.5) is 26.3 Å². The molecule has 9 heteroatoms. The minimum Gasteiger partial charge on any atom is -0.375 e. The number of quaternary nitrogens is 1. The Morgan fingerprint density at radius 1 is 1.17 bits per heavy atom. The molecular weight excluding hydrogens is 288 g/mol. The molecule has 0 amide bonds. The number of halogens is 7. The number of rotatable bonds is 1. The minimum absolute atomic E-state index is 0.299. The van der Waals surface area contributed by atoms with Crippen LogP contribution in [-0.4, -0.2) is 42.5 Å². The average Bonchev–Trinajstić information content (AvgIpc) is 2.67. The Morgan fingerprint density at radius 2 is 1.67 bits per heavy atom. The highest BCUT2D eigenvalue weighted by atomic mass is 35.5. The van der Waals surface area contributed by atoms with E-state index in [1.807, 2.05) is 0 Å². The zero-order valence-corrected chi connectivity index (χ0v) is 9.90. The Hall–Kier alpha value is -0.210. The molecule has 1 aliphatic carbocycles. The molecule has 0 aromatic heterocycles. The molecule has 0 aromatic carbocycles. The number of hydrogen-bond acceptors (Lipinski definition) is 1. The van der Waals surface area contributed by atoms with Gasteiger partial charge in [-0.2, -0.15) is 26.3 Å². The van der Waals surface area contributed by atoms with E-state index in [2.05, 4.69) is 0 Å². The van der Waals surface area contributed by atoms with E-state index in [1.165, 1.54) is 7.11 Å². The Balaban J connectivity index is 2.44. The van der Waals surface area contributed by atoms with Crippen molar-refractivity contribution in [2.45, 2.75) is 41.8 Å². The molecular formula is C9H11ClF6NO+. The summed E-state index contributed by atoms with van der Waals surface area (Å²) in [7, 11) is 1.26. The molecule has 2 bridgehead atoms. The first-order chi connectivity index (χ1) is 8.06. The van der Waals surface area contributed by atoms with E-state index in [-0.39, 0.29) is 6.42 Å². The summed E-state index contributed by atoms with van der Waals surface area (Å²) in [4.78, 5) is 0. The van der Waals surface area contributed by atoms with Gasteiger partial charge in [0.15, 0.2) is 0 Å². The summed E-state index contributed by atoms with van der Waals surface area (Å²) in [6.07, 6.45) is -11.8. The minimum atomic E-state index is -5.39. The first-order valence-electron chi connectivity index (χ1n) is 5.22. The highest BCUT2D eigenvalue weighted by molar-refractivity contribution is 6.21. The van der Waals surface area contributed by atoms with Gasteiger partial charge in [0.1, 0.15) is 12.1 Å². The predicted molar refractivity (Wildman–Crippen MR) is 49.1 cm³/mol. The van der Waals surface area contributed by atoms with Crippen LogP contribution in [0.1, 0.15) is 6.42 Å². The number of fused-ring (bicyclic) bond motifs is 2. The molecule has 2 fully saturated rings. The summed E-state index contributed by atoms with van der Waals surface area (Å²) < 4.78 is 82.4. The van der Waals surface area contributed by atoms with Crippen LogP contribution in [0.5, 0.6) is 0 Å². The van der Waals surface area contributed by atoms with Gasteiger partial charge in [0.2, 0.25) is 0 Å². The van der Waals surface area contributed by atoms with Gasteiger partial charge in [0.05, 0.1) is 11.3 Å². The van der Waals surface area contributed by atoms with Crippen molar-refractivity contribution in [2.75, 3.05) is 7.11 Å². The van der Waals surface area contributed by atoms with Crippen LogP contribution in [-0.2, 0) is 4.74 Å². The van der Waals surface area contributed by atoms with Gasteiger partial charge in [-0.1, -0.05) is 0 Å². The second kappa shape index (κ2) is 3.89. The highest BCUT2D eigenvalue weighted by Crippen LogP contribution is 2.54. The zero-order chi connectivity index (χ0) is 13.9. The molecule has 4 unspecified atom stereocenters. The van der Waals surface area contributed by atoms with Gasteiger partial charge < -0.3 is 10.1 Å². The molecule has 1 heterocycles. The van der Waals surface area contributed by atoms with Crippen LogP contribution < -0.4 is 5.32 Å². The number of nitrogens with two attached hydrogens (primary N) is 1. The fourth-order valence-corrected chi connectivity index (χ4v) is 3.63. The van der Waals surface area contributed by atoms with Gasteiger partial charge >= 0.3 is 12.4 Å². The van der Waals surface area contributed by atoms with Crippen molar-refractivity contribution in [3.63, 3.8) is 0 Å². The highest BCUT2D eigenvalue weighted by Gasteiger charge is 2.85. The monoisotopic (exact) mass is 298 g/mol. The maximum Gasteiger partial charge on any atom is 0.454 e. The van der Waals surface area contributed by atoms with E-state index in [1.54, 1.807) is 0 Å². The fourth-order valence-electron chi connectivity index (χ4n) is 3.10. The van der Waals surface area contributed by atoms with Crippen molar-refractivity contribution in [2.24, 2.45) is 5.92 Å². The van der Waals surface area contributed by atoms with Crippen LogP contribution in [0.25, 0.3) is 0 Å². The number of ether oxygens (including phenoxy) is 1. The fraction of sp³-hybridized carbons (Fsp3) is 1.00. The molecule has 2 aliphatic rings. The summed E-state index contributed by atoms with van der Waals surface area (Å²) in [5.41, 5.74) is -3.80. The van der Waals surface area contributed by atoms with Gasteiger partial charge in [-0.25, -0.2) is 0 Å². The van der Waals surface area contributed by atoms with Gasteiger partial charge in [0.25, 0.3) is 5.54 Å². The van der Waals surface area contributed by atoms with Crippen molar-refractivity contribution in [3.05, 3.63) is 0 Å². The average molecular weight is 299 g/mol. The third kappa shape index (κ3) is 1.58. The smallest absolute Gasteiger partial charge is 0.375 e. The maximum atomic E-state index is 12.9. The lowest BCUT2D eigenvalue weighted by Crippen LogP contribution is -3.07. The van der Waals surface area contributed by atoms with E-state index in [9.17, 15) is 26.3 Å². The molecule has 0 aromatic rings. The van der Waals surface area contributed by atoms with E-state index < -0.39 is 41.3 Å². The van der Waals surface area contributed by atoms with Gasteiger partial charge in [-0.15, -0.1) is 11.6 Å². The predicted octanol–water partition coefficient (Wildman–Crippen LogP) is 1.44. The SMILES string of the molecule is COC1CC2C(Cl)C1[NH2+]C2(C(F)(F)F)C(F)(F)F. The summed E-state index contributed by atoms with van der Waals surface area (Å²) in [5.74, 6) is -1.71. The lowest BCUT2D eigenvalue weighted by molar-refractivity contribution is -0.800. The van der Waals surface area contributed by atoms with E-state index in [0.717, 1.165) is 0 Å². The second-order valence-corrected chi connectivity index (χ2v) is 5.17. The maximum absolute atomic E-state index is 12.9. The molecule has 2 nitrogen and oxygen atoms in total. The van der Waals surface area contributed by atoms with Crippen LogP contribution in [0.2, 0.25) is 0 Å². The molecule has 0 radical (unpaired) electrons. The lowest BCUT2D eigenvalue weighted by atomic mass is 9.82. The number of methoxy groups -OCH3 is 1. The van der Waals surface area contributed by atoms with Crippen molar-refractivity contribution in [3.8, 4) is 0 Å². The third-order valence-corrected chi connectivity index (χ3v) is 4.54. The Kier molecular flexibility index (Phi) is 3.07. The third-order valence-electron chi connectivity index (χ3n) is 3.95. The van der Waals surface area contributed by atoms with E-state index in [0.29, 0.717) is 5.32 Å². The normalized spacial score (nSPS) is 39.3. The molecule has 4 atom stereocenters. The van der Waals surface area contributed by atoms with Crippen LogP contribution >= 0.6 is 11.6 Å². The molecule has 1 saturated carbocycles. The van der Waals surface area contributed by atoms with Crippen molar-refractivity contribution in [1.29, 1.82) is 0 Å². The van der Waals surface area contributed by atoms with Gasteiger partial charge in [-0.3, -0.25) is 0 Å². The lowest BCUT2D eigenvalue weighted by Gasteiger charge is -2.38. The molecule has 0 spiro atoms. The largest absolute Gasteiger partial charge is 0.454 e. The van der Waals surface area contributed by atoms with Crippen LogP contribution in [0, 0.1) is 5.92 Å². The van der Waals surface area contributed by atoms with Gasteiger partial charge in [0, 0.05) is 7.11 Å². The topological polar surface area (TPSA) is 25.8 Å².